The molecule has 1 aliphatic rings. The lowest BCUT2D eigenvalue weighted by molar-refractivity contribution is -0.154. The van der Waals surface area contributed by atoms with Gasteiger partial charge in [0.05, 0.1) is 12.2 Å². The van der Waals surface area contributed by atoms with E-state index in [-0.39, 0.29) is 18.4 Å². The van der Waals surface area contributed by atoms with Gasteiger partial charge in [-0.25, -0.2) is 0 Å². The average Bonchev–Trinajstić information content (AvgIpc) is 2.91. The fraction of sp³-hybridized carbons (Fsp3) is 0.368. The minimum absolute atomic E-state index is 0.155. The Morgan fingerprint density at radius 3 is 2.44 bits per heavy atom. The van der Waals surface area contributed by atoms with Gasteiger partial charge in [0.15, 0.2) is 5.84 Å². The van der Waals surface area contributed by atoms with Crippen LogP contribution in [0.2, 0.25) is 0 Å². The fourth-order valence-corrected chi connectivity index (χ4v) is 2.81. The smallest absolute Gasteiger partial charge is 0.275 e. The van der Waals surface area contributed by atoms with Crippen LogP contribution in [0.3, 0.4) is 0 Å². The number of rotatable bonds is 4. The van der Waals surface area contributed by atoms with Crippen molar-refractivity contribution in [1.29, 1.82) is 0 Å². The van der Waals surface area contributed by atoms with Crippen molar-refractivity contribution >= 4 is 23.3 Å². The molecule has 142 valence electrons. The standard InChI is InChI=1S/C19H22N4O4/c1-11-16(12(2)26-21-11)10-23-17(22-27-19(4,5)18(23)25)14-6-8-15(9-7-14)20-13(3)24/h6-9H,10H2,1-5H3,(H,20,24). The van der Waals surface area contributed by atoms with Crippen LogP contribution in [0.5, 0.6) is 0 Å². The van der Waals surface area contributed by atoms with Crippen LogP contribution in [0.25, 0.3) is 0 Å². The number of amides is 2. The lowest BCUT2D eigenvalue weighted by Crippen LogP contribution is -2.52. The first-order valence-electron chi connectivity index (χ1n) is 8.57. The Labute approximate surface area is 157 Å². The first-order chi connectivity index (χ1) is 12.7. The molecule has 1 aliphatic heterocycles. The highest BCUT2D eigenvalue weighted by Crippen LogP contribution is 2.26. The van der Waals surface area contributed by atoms with Gasteiger partial charge in [-0.1, -0.05) is 10.3 Å². The number of carbonyl (C=O) groups excluding carboxylic acids is 2. The molecule has 2 aromatic rings. The molecule has 1 aromatic heterocycles. The number of oxime groups is 1. The summed E-state index contributed by atoms with van der Waals surface area (Å²) in [5.41, 5.74) is 1.85. The molecule has 2 heterocycles. The zero-order chi connectivity index (χ0) is 19.8. The van der Waals surface area contributed by atoms with E-state index in [2.05, 4.69) is 15.6 Å². The Balaban J connectivity index is 1.97. The van der Waals surface area contributed by atoms with Gasteiger partial charge in [0.2, 0.25) is 11.5 Å². The van der Waals surface area contributed by atoms with Crippen molar-refractivity contribution in [3.63, 3.8) is 0 Å². The van der Waals surface area contributed by atoms with Crippen LogP contribution in [-0.2, 0) is 21.0 Å². The highest BCUT2D eigenvalue weighted by Gasteiger charge is 2.41. The van der Waals surface area contributed by atoms with Crippen LogP contribution in [0.4, 0.5) is 5.69 Å². The van der Waals surface area contributed by atoms with Gasteiger partial charge in [-0.15, -0.1) is 0 Å². The van der Waals surface area contributed by atoms with Crippen LogP contribution in [0.15, 0.2) is 33.9 Å². The van der Waals surface area contributed by atoms with E-state index in [1.807, 2.05) is 13.8 Å². The minimum Gasteiger partial charge on any atom is -0.378 e. The number of carbonyl (C=O) groups is 2. The highest BCUT2D eigenvalue weighted by atomic mass is 16.7. The monoisotopic (exact) mass is 370 g/mol. The van der Waals surface area contributed by atoms with Crippen molar-refractivity contribution in [2.45, 2.75) is 46.8 Å². The van der Waals surface area contributed by atoms with Crippen molar-refractivity contribution in [2.75, 3.05) is 5.32 Å². The molecule has 8 heteroatoms. The molecular weight excluding hydrogens is 348 g/mol. The molecule has 0 radical (unpaired) electrons. The molecule has 0 bridgehead atoms. The normalized spacial score (nSPS) is 16.0. The van der Waals surface area contributed by atoms with Crippen molar-refractivity contribution < 1.29 is 18.9 Å². The summed E-state index contributed by atoms with van der Waals surface area (Å²) in [6.45, 7) is 8.72. The third kappa shape index (κ3) is 3.69. The Morgan fingerprint density at radius 2 is 1.89 bits per heavy atom. The molecule has 27 heavy (non-hydrogen) atoms. The Bertz CT molecular complexity index is 893. The second kappa shape index (κ2) is 6.86. The molecule has 0 atom stereocenters. The van der Waals surface area contributed by atoms with E-state index >= 15 is 0 Å². The highest BCUT2D eigenvalue weighted by molar-refractivity contribution is 6.10. The van der Waals surface area contributed by atoms with Crippen molar-refractivity contribution in [1.82, 2.24) is 10.1 Å². The van der Waals surface area contributed by atoms with Gasteiger partial charge in [-0.2, -0.15) is 0 Å². The summed E-state index contributed by atoms with van der Waals surface area (Å²) in [7, 11) is 0. The largest absolute Gasteiger partial charge is 0.378 e. The molecule has 0 saturated carbocycles. The first-order valence-corrected chi connectivity index (χ1v) is 8.57. The number of hydrogen-bond donors (Lipinski definition) is 1. The number of nitrogens with one attached hydrogen (secondary N) is 1. The quantitative estimate of drug-likeness (QED) is 0.892. The third-order valence-electron chi connectivity index (χ3n) is 4.34. The van der Waals surface area contributed by atoms with E-state index in [9.17, 15) is 9.59 Å². The number of nitrogens with zero attached hydrogens (tertiary/aromatic N) is 3. The summed E-state index contributed by atoms with van der Waals surface area (Å²) in [5.74, 6) is 0.690. The number of aryl methyl sites for hydroxylation is 2. The SMILES string of the molecule is CC(=O)Nc1ccc(C2=NOC(C)(C)C(=O)N2Cc2c(C)noc2C)cc1. The topological polar surface area (TPSA) is 97.0 Å². The van der Waals surface area contributed by atoms with Gasteiger partial charge in [0, 0.05) is 23.7 Å². The molecule has 0 spiro atoms. The zero-order valence-electron chi connectivity index (χ0n) is 16.0. The summed E-state index contributed by atoms with van der Waals surface area (Å²) in [6, 6.07) is 7.05. The molecule has 0 unspecified atom stereocenters. The maximum Gasteiger partial charge on any atom is 0.275 e. The Hall–Kier alpha value is -3.16. The van der Waals surface area contributed by atoms with E-state index in [1.165, 1.54) is 6.92 Å². The number of benzene rings is 1. The van der Waals surface area contributed by atoms with Gasteiger partial charge in [0.1, 0.15) is 5.76 Å². The van der Waals surface area contributed by atoms with E-state index in [4.69, 9.17) is 9.36 Å². The van der Waals surface area contributed by atoms with E-state index in [1.54, 1.807) is 43.0 Å². The second-order valence-electron chi connectivity index (χ2n) is 6.97. The minimum atomic E-state index is -1.07. The van der Waals surface area contributed by atoms with Crippen LogP contribution in [-0.4, -0.2) is 33.3 Å². The third-order valence-corrected chi connectivity index (χ3v) is 4.34. The molecule has 0 aliphatic carbocycles. The van der Waals surface area contributed by atoms with E-state index < -0.39 is 5.60 Å². The molecule has 1 aromatic carbocycles. The number of anilines is 1. The van der Waals surface area contributed by atoms with Gasteiger partial charge in [0.25, 0.3) is 5.91 Å². The zero-order valence-corrected chi connectivity index (χ0v) is 16.0. The first kappa shape index (κ1) is 18.6. The summed E-state index contributed by atoms with van der Waals surface area (Å²) in [5, 5.41) is 10.9. The van der Waals surface area contributed by atoms with Gasteiger partial charge < -0.3 is 14.7 Å². The van der Waals surface area contributed by atoms with Gasteiger partial charge in [-0.05, 0) is 52.0 Å². The van der Waals surface area contributed by atoms with E-state index in [0.29, 0.717) is 22.8 Å². The summed E-state index contributed by atoms with van der Waals surface area (Å²) >= 11 is 0. The maximum absolute atomic E-state index is 13.0. The lowest BCUT2D eigenvalue weighted by atomic mass is 10.0. The van der Waals surface area contributed by atoms with Crippen molar-refractivity contribution in [3.8, 4) is 0 Å². The van der Waals surface area contributed by atoms with Gasteiger partial charge in [-0.3, -0.25) is 14.5 Å². The molecule has 2 amide bonds. The predicted octanol–water partition coefficient (Wildman–Crippen LogP) is 2.75. The average molecular weight is 370 g/mol. The number of amidine groups is 1. The summed E-state index contributed by atoms with van der Waals surface area (Å²) in [4.78, 5) is 31.2. The number of hydrogen-bond acceptors (Lipinski definition) is 6. The second-order valence-corrected chi connectivity index (χ2v) is 6.97. The molecular formula is C19H22N4O4. The number of aromatic nitrogens is 1. The molecule has 3 rings (SSSR count). The lowest BCUT2D eigenvalue weighted by Gasteiger charge is -2.35. The predicted molar refractivity (Wildman–Crippen MR) is 99.0 cm³/mol. The Kier molecular flexibility index (Phi) is 4.73. The van der Waals surface area contributed by atoms with Crippen molar-refractivity contribution in [2.24, 2.45) is 5.16 Å². The molecule has 0 saturated heterocycles. The summed E-state index contributed by atoms with van der Waals surface area (Å²) in [6.07, 6.45) is 0. The van der Waals surface area contributed by atoms with Crippen molar-refractivity contribution in [3.05, 3.63) is 46.8 Å². The molecule has 0 fully saturated rings. The van der Waals surface area contributed by atoms with Crippen LogP contribution in [0, 0.1) is 13.8 Å². The Morgan fingerprint density at radius 1 is 1.22 bits per heavy atom. The van der Waals surface area contributed by atoms with Crippen LogP contribution in [0.1, 0.15) is 43.4 Å². The fourth-order valence-electron chi connectivity index (χ4n) is 2.81. The van der Waals surface area contributed by atoms with Crippen LogP contribution >= 0.6 is 0 Å². The van der Waals surface area contributed by atoms with Gasteiger partial charge >= 0.3 is 0 Å². The molecule has 1 N–H and O–H groups in total. The molecule has 8 nitrogen and oxygen atoms in total. The van der Waals surface area contributed by atoms with Crippen LogP contribution < -0.4 is 5.32 Å². The maximum atomic E-state index is 13.0. The van der Waals surface area contributed by atoms with E-state index in [0.717, 1.165) is 11.3 Å². The summed E-state index contributed by atoms with van der Waals surface area (Å²) < 4.78 is 5.22.